The number of methoxy groups -OCH3 is 2. The maximum absolute atomic E-state index is 12.7. The van der Waals surface area contributed by atoms with Gasteiger partial charge in [0, 0.05) is 20.0 Å². The second kappa shape index (κ2) is 12.4. The van der Waals surface area contributed by atoms with Crippen LogP contribution in [0, 0.1) is 0 Å². The Balaban J connectivity index is 1.57. The Hall–Kier alpha value is -4.33. The SMILES string of the molecule is CCN(Cc1ccc(OC)c(OC)c1)C(=O)COC(=O)c1ccc(-c2ccc(OC(C)=O)cc2)cc1. The van der Waals surface area contributed by atoms with E-state index in [9.17, 15) is 14.4 Å². The van der Waals surface area contributed by atoms with Crippen LogP contribution in [0.25, 0.3) is 11.1 Å². The molecule has 0 unspecified atom stereocenters. The molecule has 188 valence electrons. The largest absolute Gasteiger partial charge is 0.493 e. The van der Waals surface area contributed by atoms with E-state index in [1.54, 1.807) is 61.6 Å². The Morgan fingerprint density at radius 1 is 0.806 bits per heavy atom. The second-order valence-corrected chi connectivity index (χ2v) is 7.87. The summed E-state index contributed by atoms with van der Waals surface area (Å²) in [6.07, 6.45) is 0. The van der Waals surface area contributed by atoms with Crippen molar-refractivity contribution >= 4 is 17.8 Å². The lowest BCUT2D eigenvalue weighted by atomic mass is 10.0. The summed E-state index contributed by atoms with van der Waals surface area (Å²) in [6.45, 7) is 3.64. The highest BCUT2D eigenvalue weighted by Crippen LogP contribution is 2.28. The topological polar surface area (TPSA) is 91.4 Å². The molecule has 3 rings (SSSR count). The van der Waals surface area contributed by atoms with E-state index in [1.165, 1.54) is 6.92 Å². The molecule has 0 aliphatic heterocycles. The predicted molar refractivity (Wildman–Crippen MR) is 134 cm³/mol. The Kier molecular flexibility index (Phi) is 9.05. The predicted octanol–water partition coefficient (Wildman–Crippen LogP) is 4.50. The Bertz CT molecular complexity index is 1200. The quantitative estimate of drug-likeness (QED) is 0.305. The first-order valence-electron chi connectivity index (χ1n) is 11.4. The van der Waals surface area contributed by atoms with Gasteiger partial charge in [0.25, 0.3) is 5.91 Å². The number of esters is 2. The maximum Gasteiger partial charge on any atom is 0.338 e. The van der Waals surface area contributed by atoms with Crippen molar-refractivity contribution in [2.75, 3.05) is 27.4 Å². The Morgan fingerprint density at radius 2 is 1.42 bits per heavy atom. The standard InChI is InChI=1S/C28H29NO7/c1-5-29(17-20-6-15-25(33-3)26(16-20)34-4)27(31)18-35-28(32)23-9-7-21(8-10-23)22-11-13-24(14-12-22)36-19(2)30/h6-16H,5,17-18H2,1-4H3. The summed E-state index contributed by atoms with van der Waals surface area (Å²) in [5, 5.41) is 0. The van der Waals surface area contributed by atoms with E-state index in [2.05, 4.69) is 0 Å². The summed E-state index contributed by atoms with van der Waals surface area (Å²) < 4.78 is 20.9. The monoisotopic (exact) mass is 491 g/mol. The first-order valence-corrected chi connectivity index (χ1v) is 11.4. The minimum absolute atomic E-state index is 0.301. The van der Waals surface area contributed by atoms with Crippen molar-refractivity contribution in [2.45, 2.75) is 20.4 Å². The van der Waals surface area contributed by atoms with Crippen LogP contribution >= 0.6 is 0 Å². The van der Waals surface area contributed by atoms with Gasteiger partial charge in [-0.2, -0.15) is 0 Å². The van der Waals surface area contributed by atoms with Crippen LogP contribution in [0.1, 0.15) is 29.8 Å². The summed E-state index contributed by atoms with van der Waals surface area (Å²) in [5.41, 5.74) is 2.98. The molecule has 0 N–H and O–H groups in total. The van der Waals surface area contributed by atoms with Crippen LogP contribution in [-0.2, 0) is 20.9 Å². The van der Waals surface area contributed by atoms with Gasteiger partial charge < -0.3 is 23.8 Å². The van der Waals surface area contributed by atoms with Gasteiger partial charge in [0.05, 0.1) is 19.8 Å². The molecule has 0 saturated carbocycles. The fourth-order valence-corrected chi connectivity index (χ4v) is 3.56. The average Bonchev–Trinajstić information content (AvgIpc) is 2.90. The molecule has 0 aliphatic rings. The maximum atomic E-state index is 12.7. The first-order chi connectivity index (χ1) is 17.3. The average molecular weight is 492 g/mol. The van der Waals surface area contributed by atoms with Crippen LogP contribution in [0.15, 0.2) is 66.7 Å². The third kappa shape index (κ3) is 6.85. The molecular formula is C28H29NO7. The van der Waals surface area contributed by atoms with E-state index in [4.69, 9.17) is 18.9 Å². The van der Waals surface area contributed by atoms with Crippen LogP contribution in [-0.4, -0.2) is 50.1 Å². The smallest absolute Gasteiger partial charge is 0.338 e. The van der Waals surface area contributed by atoms with Crippen LogP contribution in [0.3, 0.4) is 0 Å². The fourth-order valence-electron chi connectivity index (χ4n) is 3.56. The number of carbonyl (C=O) groups excluding carboxylic acids is 3. The van der Waals surface area contributed by atoms with Gasteiger partial charge in [0.2, 0.25) is 0 Å². The molecule has 1 amide bonds. The summed E-state index contributed by atoms with van der Waals surface area (Å²) in [4.78, 5) is 37.8. The van der Waals surface area contributed by atoms with E-state index in [0.717, 1.165) is 16.7 Å². The van der Waals surface area contributed by atoms with Gasteiger partial charge in [0.15, 0.2) is 18.1 Å². The van der Waals surface area contributed by atoms with Crippen LogP contribution in [0.4, 0.5) is 0 Å². The van der Waals surface area contributed by atoms with Gasteiger partial charge in [-0.1, -0.05) is 30.3 Å². The Morgan fingerprint density at radius 3 is 1.97 bits per heavy atom. The number of amides is 1. The zero-order valence-electron chi connectivity index (χ0n) is 20.8. The van der Waals surface area contributed by atoms with E-state index >= 15 is 0 Å². The fraction of sp³-hybridized carbons (Fsp3) is 0.250. The molecule has 0 saturated heterocycles. The number of benzene rings is 3. The molecule has 3 aromatic rings. The van der Waals surface area contributed by atoms with E-state index in [1.807, 2.05) is 31.2 Å². The molecule has 8 nitrogen and oxygen atoms in total. The van der Waals surface area contributed by atoms with E-state index in [-0.39, 0.29) is 18.5 Å². The van der Waals surface area contributed by atoms with Gasteiger partial charge in [0.1, 0.15) is 5.75 Å². The summed E-state index contributed by atoms with van der Waals surface area (Å²) in [5.74, 6) is 0.381. The molecule has 3 aromatic carbocycles. The van der Waals surface area contributed by atoms with Gasteiger partial charge in [-0.25, -0.2) is 4.79 Å². The summed E-state index contributed by atoms with van der Waals surface area (Å²) >= 11 is 0. The number of hydrogen-bond acceptors (Lipinski definition) is 7. The highest BCUT2D eigenvalue weighted by molar-refractivity contribution is 5.92. The second-order valence-electron chi connectivity index (χ2n) is 7.87. The zero-order valence-corrected chi connectivity index (χ0v) is 20.8. The number of carbonyl (C=O) groups is 3. The van der Waals surface area contributed by atoms with Crippen molar-refractivity contribution in [1.29, 1.82) is 0 Å². The number of hydrogen-bond donors (Lipinski definition) is 0. The third-order valence-electron chi connectivity index (χ3n) is 5.45. The lowest BCUT2D eigenvalue weighted by Crippen LogP contribution is -2.34. The van der Waals surface area contributed by atoms with Crippen LogP contribution < -0.4 is 14.2 Å². The molecule has 0 bridgehead atoms. The number of ether oxygens (including phenoxy) is 4. The minimum atomic E-state index is -0.581. The van der Waals surface area contributed by atoms with Gasteiger partial charge in [-0.05, 0) is 60.0 Å². The van der Waals surface area contributed by atoms with Crippen molar-refractivity contribution in [1.82, 2.24) is 4.90 Å². The Labute approximate surface area is 210 Å². The minimum Gasteiger partial charge on any atom is -0.493 e. The molecule has 36 heavy (non-hydrogen) atoms. The molecular weight excluding hydrogens is 462 g/mol. The summed E-state index contributed by atoms with van der Waals surface area (Å²) in [6, 6.07) is 19.4. The highest BCUT2D eigenvalue weighted by atomic mass is 16.5. The van der Waals surface area contributed by atoms with Crippen molar-refractivity contribution < 1.29 is 33.3 Å². The molecule has 0 radical (unpaired) electrons. The lowest BCUT2D eigenvalue weighted by Gasteiger charge is -2.21. The molecule has 0 heterocycles. The highest BCUT2D eigenvalue weighted by Gasteiger charge is 2.17. The van der Waals surface area contributed by atoms with Gasteiger partial charge in [-0.3, -0.25) is 9.59 Å². The van der Waals surface area contributed by atoms with E-state index < -0.39 is 5.97 Å². The van der Waals surface area contributed by atoms with Gasteiger partial charge in [-0.15, -0.1) is 0 Å². The van der Waals surface area contributed by atoms with Crippen molar-refractivity contribution in [3.8, 4) is 28.4 Å². The molecule has 0 spiro atoms. The van der Waals surface area contributed by atoms with Gasteiger partial charge >= 0.3 is 11.9 Å². The third-order valence-corrected chi connectivity index (χ3v) is 5.45. The normalized spacial score (nSPS) is 10.3. The molecule has 0 aliphatic carbocycles. The molecule has 8 heteroatoms. The van der Waals surface area contributed by atoms with E-state index in [0.29, 0.717) is 35.9 Å². The number of rotatable bonds is 10. The first kappa shape index (κ1) is 26.3. The molecule has 0 aromatic heterocycles. The number of likely N-dealkylation sites (N-methyl/N-ethyl adjacent to an activating group) is 1. The lowest BCUT2D eigenvalue weighted by molar-refractivity contribution is -0.135. The number of nitrogens with zero attached hydrogens (tertiary/aromatic N) is 1. The van der Waals surface area contributed by atoms with Crippen molar-refractivity contribution in [3.05, 3.63) is 77.9 Å². The summed E-state index contributed by atoms with van der Waals surface area (Å²) in [7, 11) is 3.11. The van der Waals surface area contributed by atoms with Crippen molar-refractivity contribution in [2.24, 2.45) is 0 Å². The zero-order chi connectivity index (χ0) is 26.1. The molecule has 0 fully saturated rings. The van der Waals surface area contributed by atoms with Crippen molar-refractivity contribution in [3.63, 3.8) is 0 Å². The van der Waals surface area contributed by atoms with Crippen LogP contribution in [0.5, 0.6) is 17.2 Å². The molecule has 0 atom stereocenters. The van der Waals surface area contributed by atoms with Crippen LogP contribution in [0.2, 0.25) is 0 Å².